The maximum atomic E-state index is 13.8. The second-order valence-electron chi connectivity index (χ2n) is 4.88. The molecule has 3 nitrogen and oxygen atoms in total. The number of aryl methyl sites for hydroxylation is 1. The summed E-state index contributed by atoms with van der Waals surface area (Å²) in [6.07, 6.45) is 0. The first-order valence-electron chi connectivity index (χ1n) is 6.67. The average Bonchev–Trinajstić information content (AvgIpc) is 2.47. The molecule has 0 aliphatic rings. The number of aromatic nitrogens is 1. The molecule has 0 bridgehead atoms. The van der Waals surface area contributed by atoms with E-state index in [4.69, 9.17) is 10.5 Å². The SMILES string of the molecule is Cc1ccc2cccc(OCc3c(N)cccc3F)c2n1. The third-order valence-corrected chi connectivity index (χ3v) is 3.35. The second-order valence-corrected chi connectivity index (χ2v) is 4.88. The smallest absolute Gasteiger partial charge is 0.146 e. The van der Waals surface area contributed by atoms with Gasteiger partial charge in [0.25, 0.3) is 0 Å². The molecule has 0 saturated heterocycles. The predicted molar refractivity (Wildman–Crippen MR) is 81.6 cm³/mol. The van der Waals surface area contributed by atoms with Crippen molar-refractivity contribution in [1.29, 1.82) is 0 Å². The van der Waals surface area contributed by atoms with E-state index in [0.717, 1.165) is 16.6 Å². The summed E-state index contributed by atoms with van der Waals surface area (Å²) in [6, 6.07) is 14.2. The highest BCUT2D eigenvalue weighted by molar-refractivity contribution is 5.84. The van der Waals surface area contributed by atoms with Gasteiger partial charge in [0, 0.05) is 22.3 Å². The van der Waals surface area contributed by atoms with Gasteiger partial charge in [0.05, 0.1) is 0 Å². The van der Waals surface area contributed by atoms with Gasteiger partial charge >= 0.3 is 0 Å². The highest BCUT2D eigenvalue weighted by atomic mass is 19.1. The van der Waals surface area contributed by atoms with Gasteiger partial charge in [-0.3, -0.25) is 0 Å². The number of hydrogen-bond acceptors (Lipinski definition) is 3. The van der Waals surface area contributed by atoms with Gasteiger partial charge in [0.2, 0.25) is 0 Å². The van der Waals surface area contributed by atoms with Crippen LogP contribution in [0, 0.1) is 12.7 Å². The molecular weight excluding hydrogens is 267 g/mol. The molecule has 2 N–H and O–H groups in total. The molecule has 0 saturated carbocycles. The number of nitrogen functional groups attached to an aromatic ring is 1. The Kier molecular flexibility index (Phi) is 3.44. The van der Waals surface area contributed by atoms with Crippen molar-refractivity contribution in [1.82, 2.24) is 4.98 Å². The lowest BCUT2D eigenvalue weighted by atomic mass is 10.1. The zero-order valence-electron chi connectivity index (χ0n) is 11.6. The fourth-order valence-electron chi connectivity index (χ4n) is 2.21. The lowest BCUT2D eigenvalue weighted by Gasteiger charge is -2.11. The van der Waals surface area contributed by atoms with E-state index in [-0.39, 0.29) is 12.4 Å². The van der Waals surface area contributed by atoms with E-state index >= 15 is 0 Å². The zero-order chi connectivity index (χ0) is 14.8. The molecule has 3 aromatic rings. The largest absolute Gasteiger partial charge is 0.486 e. The number of para-hydroxylation sites is 1. The van der Waals surface area contributed by atoms with E-state index in [1.54, 1.807) is 12.1 Å². The monoisotopic (exact) mass is 282 g/mol. The first-order chi connectivity index (χ1) is 10.1. The normalized spacial score (nSPS) is 10.8. The van der Waals surface area contributed by atoms with Gasteiger partial charge < -0.3 is 10.5 Å². The van der Waals surface area contributed by atoms with Crippen molar-refractivity contribution in [2.45, 2.75) is 13.5 Å². The number of fused-ring (bicyclic) bond motifs is 1. The highest BCUT2D eigenvalue weighted by Gasteiger charge is 2.09. The van der Waals surface area contributed by atoms with E-state index in [1.165, 1.54) is 6.07 Å². The summed E-state index contributed by atoms with van der Waals surface area (Å²) in [6.45, 7) is 2.00. The summed E-state index contributed by atoms with van der Waals surface area (Å²) in [7, 11) is 0. The molecule has 21 heavy (non-hydrogen) atoms. The van der Waals surface area contributed by atoms with E-state index in [9.17, 15) is 4.39 Å². The number of halogens is 1. The molecule has 0 fully saturated rings. The van der Waals surface area contributed by atoms with Gasteiger partial charge in [0.1, 0.15) is 23.7 Å². The summed E-state index contributed by atoms with van der Waals surface area (Å²) in [5.74, 6) is 0.262. The Morgan fingerprint density at radius 2 is 1.90 bits per heavy atom. The van der Waals surface area contributed by atoms with Crippen LogP contribution < -0.4 is 10.5 Å². The summed E-state index contributed by atoms with van der Waals surface area (Å²) in [4.78, 5) is 4.48. The molecule has 0 aliphatic carbocycles. The standard InChI is InChI=1S/C17H15FN2O/c1-11-8-9-12-4-2-7-16(17(12)20-11)21-10-13-14(18)5-3-6-15(13)19/h2-9H,10,19H2,1H3. The van der Waals surface area contributed by atoms with Gasteiger partial charge in [-0.15, -0.1) is 0 Å². The van der Waals surface area contributed by atoms with E-state index in [0.29, 0.717) is 17.0 Å². The molecule has 1 aromatic heterocycles. The maximum absolute atomic E-state index is 13.8. The van der Waals surface area contributed by atoms with Gasteiger partial charge in [-0.25, -0.2) is 9.37 Å². The molecule has 2 aromatic carbocycles. The molecule has 0 radical (unpaired) electrons. The van der Waals surface area contributed by atoms with Crippen LogP contribution in [0.15, 0.2) is 48.5 Å². The number of anilines is 1. The van der Waals surface area contributed by atoms with Crippen LogP contribution in [0.25, 0.3) is 10.9 Å². The van der Waals surface area contributed by atoms with Crippen molar-refractivity contribution in [3.63, 3.8) is 0 Å². The van der Waals surface area contributed by atoms with Crippen LogP contribution in [0.1, 0.15) is 11.3 Å². The van der Waals surface area contributed by atoms with Crippen LogP contribution in [0.4, 0.5) is 10.1 Å². The molecule has 106 valence electrons. The number of nitrogens with two attached hydrogens (primary N) is 1. The Labute approximate surface area is 122 Å². The molecule has 0 unspecified atom stereocenters. The Bertz CT molecular complexity index is 782. The third-order valence-electron chi connectivity index (χ3n) is 3.35. The van der Waals surface area contributed by atoms with Crippen LogP contribution in [-0.4, -0.2) is 4.98 Å². The summed E-state index contributed by atoms with van der Waals surface area (Å²) in [5, 5.41) is 0.986. The highest BCUT2D eigenvalue weighted by Crippen LogP contribution is 2.26. The van der Waals surface area contributed by atoms with E-state index in [1.807, 2.05) is 37.3 Å². The maximum Gasteiger partial charge on any atom is 0.146 e. The lowest BCUT2D eigenvalue weighted by Crippen LogP contribution is -2.03. The lowest BCUT2D eigenvalue weighted by molar-refractivity contribution is 0.303. The molecule has 0 atom stereocenters. The fraction of sp³-hybridized carbons (Fsp3) is 0.118. The summed E-state index contributed by atoms with van der Waals surface area (Å²) in [5.41, 5.74) is 8.22. The van der Waals surface area contributed by atoms with Crippen LogP contribution in [0.2, 0.25) is 0 Å². The molecular formula is C17H15FN2O. The summed E-state index contributed by atoms with van der Waals surface area (Å²) >= 11 is 0. The number of hydrogen-bond donors (Lipinski definition) is 1. The van der Waals surface area contributed by atoms with Crippen molar-refractivity contribution < 1.29 is 9.13 Å². The van der Waals surface area contributed by atoms with E-state index in [2.05, 4.69) is 4.98 Å². The Hall–Kier alpha value is -2.62. The zero-order valence-corrected chi connectivity index (χ0v) is 11.6. The minimum absolute atomic E-state index is 0.0766. The van der Waals surface area contributed by atoms with Crippen LogP contribution in [0.3, 0.4) is 0 Å². The molecule has 0 aliphatic heterocycles. The van der Waals surface area contributed by atoms with Gasteiger partial charge in [0.15, 0.2) is 0 Å². The van der Waals surface area contributed by atoms with Crippen LogP contribution in [0.5, 0.6) is 5.75 Å². The first-order valence-corrected chi connectivity index (χ1v) is 6.67. The van der Waals surface area contributed by atoms with Crippen LogP contribution in [-0.2, 0) is 6.61 Å². The van der Waals surface area contributed by atoms with Crippen molar-refractivity contribution >= 4 is 16.6 Å². The molecule has 1 heterocycles. The van der Waals surface area contributed by atoms with Crippen molar-refractivity contribution in [2.24, 2.45) is 0 Å². The van der Waals surface area contributed by atoms with E-state index < -0.39 is 0 Å². The summed E-state index contributed by atoms with van der Waals surface area (Å²) < 4.78 is 19.5. The Morgan fingerprint density at radius 1 is 1.10 bits per heavy atom. The number of pyridine rings is 1. The second kappa shape index (κ2) is 5.40. The topological polar surface area (TPSA) is 48.1 Å². The Balaban J connectivity index is 1.94. The van der Waals surface area contributed by atoms with Crippen molar-refractivity contribution in [2.75, 3.05) is 5.73 Å². The predicted octanol–water partition coefficient (Wildman–Crippen LogP) is 3.84. The molecule has 4 heteroatoms. The molecule has 0 spiro atoms. The Morgan fingerprint density at radius 3 is 2.71 bits per heavy atom. The van der Waals surface area contributed by atoms with Gasteiger partial charge in [-0.1, -0.05) is 24.3 Å². The number of ether oxygens (including phenoxy) is 1. The average molecular weight is 282 g/mol. The van der Waals surface area contributed by atoms with Gasteiger partial charge in [-0.2, -0.15) is 0 Å². The minimum Gasteiger partial charge on any atom is -0.486 e. The molecule has 0 amide bonds. The fourth-order valence-corrected chi connectivity index (χ4v) is 2.21. The number of benzene rings is 2. The van der Waals surface area contributed by atoms with Crippen LogP contribution >= 0.6 is 0 Å². The first kappa shape index (κ1) is 13.4. The van der Waals surface area contributed by atoms with Gasteiger partial charge in [-0.05, 0) is 31.2 Å². The minimum atomic E-state index is -0.362. The van der Waals surface area contributed by atoms with Crippen molar-refractivity contribution in [3.05, 3.63) is 65.6 Å². The van der Waals surface area contributed by atoms with Crippen molar-refractivity contribution in [3.8, 4) is 5.75 Å². The third kappa shape index (κ3) is 2.65. The number of rotatable bonds is 3. The molecule has 3 rings (SSSR count). The quantitative estimate of drug-likeness (QED) is 0.742. The number of nitrogens with zero attached hydrogens (tertiary/aromatic N) is 1.